The van der Waals surface area contributed by atoms with Crippen molar-refractivity contribution < 1.29 is 9.53 Å². The van der Waals surface area contributed by atoms with Gasteiger partial charge in [0.25, 0.3) is 0 Å². The first-order valence-electron chi connectivity index (χ1n) is 11.0. The summed E-state index contributed by atoms with van der Waals surface area (Å²) in [4.78, 5) is 23.8. The number of ether oxygens (including phenoxy) is 1. The Labute approximate surface area is 184 Å². The fourth-order valence-electron chi connectivity index (χ4n) is 3.87. The van der Waals surface area contributed by atoms with Gasteiger partial charge in [0.05, 0.1) is 12.3 Å². The zero-order valence-corrected chi connectivity index (χ0v) is 19.2. The number of rotatable bonds is 7. The van der Waals surface area contributed by atoms with Gasteiger partial charge in [0.2, 0.25) is 5.95 Å². The van der Waals surface area contributed by atoms with E-state index in [1.807, 2.05) is 64.0 Å². The number of urea groups is 1. The van der Waals surface area contributed by atoms with E-state index in [1.165, 1.54) is 0 Å². The first-order chi connectivity index (χ1) is 14.9. The normalized spacial score (nSPS) is 18.2. The largest absolute Gasteiger partial charge is 0.492 e. The summed E-state index contributed by atoms with van der Waals surface area (Å²) in [6.07, 6.45) is 3.72. The second-order valence-corrected chi connectivity index (χ2v) is 8.20. The third-order valence-corrected chi connectivity index (χ3v) is 5.62. The number of amides is 2. The highest BCUT2D eigenvalue weighted by molar-refractivity contribution is 5.91. The van der Waals surface area contributed by atoms with Gasteiger partial charge in [-0.1, -0.05) is 12.1 Å². The third-order valence-electron chi connectivity index (χ3n) is 5.62. The molecule has 3 rings (SSSR count). The first kappa shape index (κ1) is 22.7. The van der Waals surface area contributed by atoms with E-state index in [0.717, 1.165) is 42.8 Å². The standard InChI is InChI=1S/C23H34N6O2/c1-6-31-20-10-8-7-9-19(20)27-23(30)26-18-13-11-17(12-14-18)25-22-24-16(3)15(2)21(28-22)29(4)5/h7-10,17-18H,6,11-14H2,1-5H3,(H,24,25,28)(H2,26,27,30)/t17-,18+. The molecule has 0 saturated heterocycles. The molecule has 8 nitrogen and oxygen atoms in total. The highest BCUT2D eigenvalue weighted by Gasteiger charge is 2.23. The summed E-state index contributed by atoms with van der Waals surface area (Å²) in [6, 6.07) is 7.72. The predicted molar refractivity (Wildman–Crippen MR) is 125 cm³/mol. The van der Waals surface area contributed by atoms with Crippen LogP contribution in [0.5, 0.6) is 5.75 Å². The van der Waals surface area contributed by atoms with Crippen LogP contribution in [0, 0.1) is 13.8 Å². The van der Waals surface area contributed by atoms with E-state index in [4.69, 9.17) is 4.74 Å². The number of para-hydroxylation sites is 2. The maximum Gasteiger partial charge on any atom is 0.319 e. The van der Waals surface area contributed by atoms with Gasteiger partial charge in [0.1, 0.15) is 11.6 Å². The maximum absolute atomic E-state index is 12.5. The average molecular weight is 427 g/mol. The van der Waals surface area contributed by atoms with Crippen molar-refractivity contribution in [1.82, 2.24) is 15.3 Å². The minimum atomic E-state index is -0.198. The van der Waals surface area contributed by atoms with Gasteiger partial charge in [-0.05, 0) is 58.6 Å². The van der Waals surface area contributed by atoms with Gasteiger partial charge in [0.15, 0.2) is 0 Å². The van der Waals surface area contributed by atoms with Crippen LogP contribution in [0.2, 0.25) is 0 Å². The van der Waals surface area contributed by atoms with Crippen molar-refractivity contribution in [3.05, 3.63) is 35.5 Å². The molecule has 1 saturated carbocycles. The summed E-state index contributed by atoms with van der Waals surface area (Å²) >= 11 is 0. The van der Waals surface area contributed by atoms with Crippen LogP contribution in [0.1, 0.15) is 43.9 Å². The molecule has 1 heterocycles. The smallest absolute Gasteiger partial charge is 0.319 e. The average Bonchev–Trinajstić information content (AvgIpc) is 2.73. The van der Waals surface area contributed by atoms with Crippen LogP contribution < -0.4 is 25.6 Å². The lowest BCUT2D eigenvalue weighted by molar-refractivity contribution is 0.243. The van der Waals surface area contributed by atoms with Crippen molar-refractivity contribution >= 4 is 23.5 Å². The third kappa shape index (κ3) is 5.99. The molecule has 0 atom stereocenters. The Morgan fingerprint density at radius 2 is 1.77 bits per heavy atom. The van der Waals surface area contributed by atoms with Crippen LogP contribution in [0.25, 0.3) is 0 Å². The van der Waals surface area contributed by atoms with Crippen molar-refractivity contribution in [2.75, 3.05) is 36.2 Å². The topological polar surface area (TPSA) is 91.4 Å². The fourth-order valence-corrected chi connectivity index (χ4v) is 3.87. The summed E-state index contributed by atoms with van der Waals surface area (Å²) in [5.41, 5.74) is 2.77. The Balaban J connectivity index is 1.51. The molecule has 1 aromatic heterocycles. The molecule has 1 aliphatic carbocycles. The number of hydrogen-bond acceptors (Lipinski definition) is 6. The van der Waals surface area contributed by atoms with Gasteiger partial charge < -0.3 is 25.6 Å². The number of nitrogens with zero attached hydrogens (tertiary/aromatic N) is 3. The molecular formula is C23H34N6O2. The molecule has 2 amide bonds. The molecule has 1 fully saturated rings. The molecule has 0 spiro atoms. The number of nitrogens with one attached hydrogen (secondary N) is 3. The summed E-state index contributed by atoms with van der Waals surface area (Å²) in [5.74, 6) is 2.29. The van der Waals surface area contributed by atoms with Gasteiger partial charge in [-0.15, -0.1) is 0 Å². The molecule has 0 bridgehead atoms. The highest BCUT2D eigenvalue weighted by atomic mass is 16.5. The molecule has 2 aromatic rings. The van der Waals surface area contributed by atoms with Crippen LogP contribution >= 0.6 is 0 Å². The van der Waals surface area contributed by atoms with Crippen molar-refractivity contribution in [1.29, 1.82) is 0 Å². The molecule has 1 aromatic carbocycles. The summed E-state index contributed by atoms with van der Waals surface area (Å²) < 4.78 is 5.57. The molecule has 1 aliphatic rings. The molecule has 3 N–H and O–H groups in total. The predicted octanol–water partition coefficient (Wildman–Crippen LogP) is 4.10. The summed E-state index contributed by atoms with van der Waals surface area (Å²) in [7, 11) is 3.99. The second-order valence-electron chi connectivity index (χ2n) is 8.20. The van der Waals surface area contributed by atoms with Crippen LogP contribution in [0.15, 0.2) is 24.3 Å². The van der Waals surface area contributed by atoms with Gasteiger partial charge in [-0.3, -0.25) is 0 Å². The Bertz CT molecular complexity index is 894. The van der Waals surface area contributed by atoms with Crippen molar-refractivity contribution in [2.24, 2.45) is 0 Å². The minimum absolute atomic E-state index is 0.148. The second kappa shape index (κ2) is 10.3. The lowest BCUT2D eigenvalue weighted by Crippen LogP contribution is -2.42. The van der Waals surface area contributed by atoms with E-state index < -0.39 is 0 Å². The van der Waals surface area contributed by atoms with Gasteiger partial charge in [-0.2, -0.15) is 4.98 Å². The zero-order valence-electron chi connectivity index (χ0n) is 19.2. The lowest BCUT2D eigenvalue weighted by atomic mass is 9.91. The number of benzene rings is 1. The van der Waals surface area contributed by atoms with Gasteiger partial charge in [-0.25, -0.2) is 9.78 Å². The Kier molecular flexibility index (Phi) is 7.55. The molecule has 31 heavy (non-hydrogen) atoms. The molecule has 0 unspecified atom stereocenters. The number of hydrogen-bond donors (Lipinski definition) is 3. The lowest BCUT2D eigenvalue weighted by Gasteiger charge is -2.30. The quantitative estimate of drug-likeness (QED) is 0.617. The summed E-state index contributed by atoms with van der Waals surface area (Å²) in [6.45, 7) is 6.53. The molecular weight excluding hydrogens is 392 g/mol. The minimum Gasteiger partial charge on any atom is -0.492 e. The van der Waals surface area contributed by atoms with Crippen LogP contribution in [-0.4, -0.2) is 48.8 Å². The van der Waals surface area contributed by atoms with Crippen LogP contribution in [-0.2, 0) is 0 Å². The van der Waals surface area contributed by atoms with E-state index >= 15 is 0 Å². The van der Waals surface area contributed by atoms with Crippen LogP contribution in [0.3, 0.4) is 0 Å². The van der Waals surface area contributed by atoms with Crippen molar-refractivity contribution in [2.45, 2.75) is 58.5 Å². The maximum atomic E-state index is 12.5. The number of aromatic nitrogens is 2. The van der Waals surface area contributed by atoms with E-state index in [1.54, 1.807) is 0 Å². The van der Waals surface area contributed by atoms with Crippen molar-refractivity contribution in [3.8, 4) is 5.75 Å². The van der Waals surface area contributed by atoms with Crippen LogP contribution in [0.4, 0.5) is 22.2 Å². The Morgan fingerprint density at radius 3 is 2.45 bits per heavy atom. The Hall–Kier alpha value is -3.03. The number of carbonyl (C=O) groups is 1. The highest BCUT2D eigenvalue weighted by Crippen LogP contribution is 2.26. The van der Waals surface area contributed by atoms with E-state index in [9.17, 15) is 4.79 Å². The number of aryl methyl sites for hydroxylation is 1. The van der Waals surface area contributed by atoms with Gasteiger partial charge in [0, 0.05) is 37.4 Å². The summed E-state index contributed by atoms with van der Waals surface area (Å²) in [5, 5.41) is 9.48. The molecule has 0 radical (unpaired) electrons. The Morgan fingerprint density at radius 1 is 1.10 bits per heavy atom. The van der Waals surface area contributed by atoms with Gasteiger partial charge >= 0.3 is 6.03 Å². The monoisotopic (exact) mass is 426 g/mol. The first-order valence-corrected chi connectivity index (χ1v) is 11.0. The fraction of sp³-hybridized carbons (Fsp3) is 0.522. The number of anilines is 3. The zero-order chi connectivity index (χ0) is 22.4. The SMILES string of the molecule is CCOc1ccccc1NC(=O)N[C@H]1CC[C@@H](Nc2nc(C)c(C)c(N(C)C)n2)CC1. The molecule has 168 valence electrons. The molecule has 8 heteroatoms. The van der Waals surface area contributed by atoms with E-state index in [2.05, 4.69) is 25.9 Å². The van der Waals surface area contributed by atoms with E-state index in [-0.39, 0.29) is 12.1 Å². The van der Waals surface area contributed by atoms with Crippen molar-refractivity contribution in [3.63, 3.8) is 0 Å². The molecule has 0 aliphatic heterocycles. The van der Waals surface area contributed by atoms with E-state index in [0.29, 0.717) is 30.0 Å². The number of carbonyl (C=O) groups excluding carboxylic acids is 1.